The van der Waals surface area contributed by atoms with Crippen molar-refractivity contribution >= 4 is 27.8 Å². The lowest BCUT2D eigenvalue weighted by Gasteiger charge is -2.40. The number of H-pyrrole nitrogens is 1. The first-order valence-electron chi connectivity index (χ1n) is 11.5. The highest BCUT2D eigenvalue weighted by atomic mass is 28.4. The molecule has 1 aliphatic rings. The van der Waals surface area contributed by atoms with Crippen LogP contribution in [-0.4, -0.2) is 66.2 Å². The third-order valence-corrected chi connectivity index (χ3v) is 16.6. The van der Waals surface area contributed by atoms with Crippen molar-refractivity contribution in [1.82, 2.24) is 19.5 Å². The van der Waals surface area contributed by atoms with Gasteiger partial charge in [0.1, 0.15) is 18.3 Å². The molecule has 33 heavy (non-hydrogen) atoms. The summed E-state index contributed by atoms with van der Waals surface area (Å²) in [5, 5.41) is 11.3. The number of nitrogens with zero attached hydrogens (tertiary/aromatic N) is 3. The quantitative estimate of drug-likeness (QED) is 0.585. The Kier molecular flexibility index (Phi) is 6.90. The minimum Gasteiger partial charge on any atom is -0.414 e. The van der Waals surface area contributed by atoms with Gasteiger partial charge in [0.2, 0.25) is 0 Å². The zero-order chi connectivity index (χ0) is 25.0. The molecule has 0 spiro atoms. The van der Waals surface area contributed by atoms with Crippen LogP contribution in [0.15, 0.2) is 17.4 Å². The highest BCUT2D eigenvalue weighted by molar-refractivity contribution is 6.74. The summed E-state index contributed by atoms with van der Waals surface area (Å²) < 4.78 is 21.1. The average molecular weight is 497 g/mol. The number of aliphatic hydroxyl groups is 1. The molecular formula is C22H40N4O5Si2. The molecular weight excluding hydrogens is 456 g/mol. The van der Waals surface area contributed by atoms with Crippen molar-refractivity contribution in [1.29, 1.82) is 0 Å². The first-order valence-corrected chi connectivity index (χ1v) is 17.3. The van der Waals surface area contributed by atoms with Crippen LogP contribution >= 0.6 is 0 Å². The van der Waals surface area contributed by atoms with Gasteiger partial charge in [-0.25, -0.2) is 9.97 Å². The Labute approximate surface area is 198 Å². The molecule has 0 aliphatic carbocycles. The van der Waals surface area contributed by atoms with Crippen LogP contribution in [0.1, 0.15) is 47.8 Å². The first-order chi connectivity index (χ1) is 15.0. The fourth-order valence-electron chi connectivity index (χ4n) is 3.28. The summed E-state index contributed by atoms with van der Waals surface area (Å²) >= 11 is 0. The van der Waals surface area contributed by atoms with E-state index in [1.807, 2.05) is 0 Å². The smallest absolute Gasteiger partial charge is 0.278 e. The third-order valence-electron chi connectivity index (χ3n) is 7.60. The van der Waals surface area contributed by atoms with Crippen LogP contribution in [0, 0.1) is 0 Å². The van der Waals surface area contributed by atoms with Crippen molar-refractivity contribution in [2.75, 3.05) is 6.61 Å². The maximum absolute atomic E-state index is 12.2. The van der Waals surface area contributed by atoms with E-state index in [0.717, 1.165) is 0 Å². The minimum absolute atomic E-state index is 0.0402. The van der Waals surface area contributed by atoms with Crippen LogP contribution in [0.2, 0.25) is 36.3 Å². The number of aromatic amines is 1. The SMILES string of the molecule is CC(C)(C)[Si](C)(C)OC[C@H]1O[C@@H](n2cnc3c(=O)[nH]cnc32)[C@H](O[Si](C)(C)C(C)(C)C)[C@@H]1O. The monoisotopic (exact) mass is 496 g/mol. The van der Waals surface area contributed by atoms with E-state index in [4.69, 9.17) is 13.6 Å². The maximum atomic E-state index is 12.2. The number of hydrogen-bond donors (Lipinski definition) is 2. The van der Waals surface area contributed by atoms with Gasteiger partial charge < -0.3 is 23.7 Å². The summed E-state index contributed by atoms with van der Waals surface area (Å²) in [5.74, 6) is 0. The Morgan fingerprint density at radius 2 is 1.70 bits per heavy atom. The van der Waals surface area contributed by atoms with Gasteiger partial charge in [0, 0.05) is 0 Å². The molecule has 11 heteroatoms. The van der Waals surface area contributed by atoms with E-state index in [9.17, 15) is 9.90 Å². The molecule has 0 aromatic carbocycles. The van der Waals surface area contributed by atoms with Crippen LogP contribution in [0.5, 0.6) is 0 Å². The van der Waals surface area contributed by atoms with E-state index in [-0.39, 0.29) is 27.8 Å². The number of imidazole rings is 1. The van der Waals surface area contributed by atoms with Gasteiger partial charge in [-0.2, -0.15) is 0 Å². The second-order valence-electron chi connectivity index (χ2n) is 12.0. The molecule has 0 saturated carbocycles. The van der Waals surface area contributed by atoms with E-state index in [1.54, 1.807) is 4.57 Å². The predicted molar refractivity (Wildman–Crippen MR) is 133 cm³/mol. The summed E-state index contributed by atoms with van der Waals surface area (Å²) in [4.78, 5) is 23.3. The summed E-state index contributed by atoms with van der Waals surface area (Å²) in [5.41, 5.74) is 0.297. The molecule has 0 bridgehead atoms. The molecule has 1 aliphatic heterocycles. The second-order valence-corrected chi connectivity index (χ2v) is 21.6. The maximum Gasteiger partial charge on any atom is 0.278 e. The van der Waals surface area contributed by atoms with Crippen LogP contribution < -0.4 is 5.56 Å². The van der Waals surface area contributed by atoms with Crippen molar-refractivity contribution in [2.45, 2.75) is 102 Å². The lowest BCUT2D eigenvalue weighted by Crippen LogP contribution is -2.49. The molecule has 3 heterocycles. The number of nitrogens with one attached hydrogen (secondary N) is 1. The van der Waals surface area contributed by atoms with Gasteiger partial charge in [0.05, 0.1) is 19.3 Å². The van der Waals surface area contributed by atoms with Gasteiger partial charge in [0.25, 0.3) is 5.56 Å². The van der Waals surface area contributed by atoms with Crippen LogP contribution in [-0.2, 0) is 13.6 Å². The third kappa shape index (κ3) is 5.03. The lowest BCUT2D eigenvalue weighted by atomic mass is 10.1. The van der Waals surface area contributed by atoms with E-state index in [1.165, 1.54) is 12.7 Å². The Hall–Kier alpha value is -1.38. The molecule has 0 radical (unpaired) electrons. The topological polar surface area (TPSA) is 111 Å². The Bertz CT molecular complexity index is 1040. The lowest BCUT2D eigenvalue weighted by molar-refractivity contribution is -0.0476. The van der Waals surface area contributed by atoms with E-state index in [0.29, 0.717) is 5.65 Å². The van der Waals surface area contributed by atoms with Crippen molar-refractivity contribution in [3.8, 4) is 0 Å². The molecule has 2 N–H and O–H groups in total. The van der Waals surface area contributed by atoms with Gasteiger partial charge in [-0.3, -0.25) is 9.36 Å². The van der Waals surface area contributed by atoms with E-state index < -0.39 is 41.2 Å². The predicted octanol–water partition coefficient (Wildman–Crippen LogP) is 3.79. The van der Waals surface area contributed by atoms with Crippen LogP contribution in [0.25, 0.3) is 11.2 Å². The van der Waals surface area contributed by atoms with E-state index in [2.05, 4.69) is 82.7 Å². The number of fused-ring (bicyclic) bond motifs is 1. The van der Waals surface area contributed by atoms with Gasteiger partial charge in [-0.05, 0) is 36.3 Å². The van der Waals surface area contributed by atoms with Crippen molar-refractivity contribution < 1.29 is 18.7 Å². The molecule has 4 atom stereocenters. The van der Waals surface area contributed by atoms with Crippen LogP contribution in [0.3, 0.4) is 0 Å². The summed E-state index contributed by atoms with van der Waals surface area (Å²) in [7, 11) is -4.30. The fraction of sp³-hybridized carbons (Fsp3) is 0.773. The summed E-state index contributed by atoms with van der Waals surface area (Å²) in [6.45, 7) is 21.9. The zero-order valence-corrected chi connectivity index (χ0v) is 23.6. The number of rotatable bonds is 6. The number of aliphatic hydroxyl groups excluding tert-OH is 1. The molecule has 2 aromatic rings. The first kappa shape index (κ1) is 26.2. The van der Waals surface area contributed by atoms with Gasteiger partial charge in [0.15, 0.2) is 34.0 Å². The van der Waals surface area contributed by atoms with Gasteiger partial charge in [-0.15, -0.1) is 0 Å². The summed E-state index contributed by atoms with van der Waals surface area (Å²) in [6, 6.07) is 0. The van der Waals surface area contributed by atoms with Gasteiger partial charge >= 0.3 is 0 Å². The Morgan fingerprint density at radius 3 is 2.27 bits per heavy atom. The van der Waals surface area contributed by atoms with Crippen molar-refractivity contribution in [3.63, 3.8) is 0 Å². The highest BCUT2D eigenvalue weighted by Crippen LogP contribution is 2.43. The molecule has 3 rings (SSSR count). The van der Waals surface area contributed by atoms with Crippen LogP contribution in [0.4, 0.5) is 0 Å². The Balaban J connectivity index is 1.96. The van der Waals surface area contributed by atoms with Crippen molar-refractivity contribution in [3.05, 3.63) is 23.0 Å². The molecule has 9 nitrogen and oxygen atoms in total. The molecule has 0 amide bonds. The normalized spacial score (nSPS) is 25.2. The largest absolute Gasteiger partial charge is 0.414 e. The number of hydrogen-bond acceptors (Lipinski definition) is 7. The van der Waals surface area contributed by atoms with E-state index >= 15 is 0 Å². The van der Waals surface area contributed by atoms with Gasteiger partial charge in [-0.1, -0.05) is 41.5 Å². The number of aromatic nitrogens is 4. The standard InChI is InChI=1S/C22H40N4O5Si2/c1-21(2,3)32(7,8)29-11-14-16(27)17(31-33(9,10)22(4,5)6)20(30-14)26-13-25-15-18(26)23-12-24-19(15)28/h12-14,16-17,20,27H,11H2,1-10H3,(H,23,24,28)/t14-,16-,17-,20-/m1/s1. The Morgan fingerprint density at radius 1 is 1.09 bits per heavy atom. The highest BCUT2D eigenvalue weighted by Gasteiger charge is 2.51. The number of ether oxygens (including phenoxy) is 1. The minimum atomic E-state index is -2.26. The zero-order valence-electron chi connectivity index (χ0n) is 21.6. The molecule has 0 unspecified atom stereocenters. The fourth-order valence-corrected chi connectivity index (χ4v) is 5.58. The summed E-state index contributed by atoms with van der Waals surface area (Å²) in [6.07, 6.45) is 0.0878. The second kappa shape index (κ2) is 8.69. The molecule has 1 fully saturated rings. The molecule has 1 saturated heterocycles. The average Bonchev–Trinajstić information content (AvgIpc) is 3.21. The van der Waals surface area contributed by atoms with Crippen molar-refractivity contribution in [2.24, 2.45) is 0 Å². The molecule has 2 aromatic heterocycles. The molecule has 186 valence electrons.